The Balaban J connectivity index is 3.92. The highest BCUT2D eigenvalue weighted by molar-refractivity contribution is 5.84. The van der Waals surface area contributed by atoms with Gasteiger partial charge in [0.1, 0.15) is 12.6 Å². The molecule has 4 N–H and O–H groups in total. The van der Waals surface area contributed by atoms with Crippen LogP contribution in [0.5, 0.6) is 0 Å². The Labute approximate surface area is 178 Å². The van der Waals surface area contributed by atoms with Crippen LogP contribution in [0.15, 0.2) is 0 Å². The van der Waals surface area contributed by atoms with Crippen LogP contribution in [0.4, 0.5) is 0 Å². The Morgan fingerprint density at radius 3 is 2.20 bits per heavy atom. The fourth-order valence-corrected chi connectivity index (χ4v) is 2.30. The van der Waals surface area contributed by atoms with Crippen molar-refractivity contribution in [2.45, 2.75) is 65.0 Å². The molecule has 0 bridgehead atoms. The molecule has 0 aromatic rings. The molecule has 0 aliphatic rings. The number of hydrogen-bond donors (Lipinski definition) is 4. The van der Waals surface area contributed by atoms with E-state index >= 15 is 0 Å². The molecule has 0 aliphatic carbocycles. The second-order valence-corrected chi connectivity index (χ2v) is 7.99. The monoisotopic (exact) mass is 431 g/mol. The van der Waals surface area contributed by atoms with E-state index in [1.54, 1.807) is 0 Å². The summed E-state index contributed by atoms with van der Waals surface area (Å²) in [6, 6.07) is -1.10. The van der Waals surface area contributed by atoms with Crippen LogP contribution in [-0.4, -0.2) is 79.8 Å². The van der Waals surface area contributed by atoms with Crippen LogP contribution >= 0.6 is 0 Å². The number of carboxylic acids is 1. The van der Waals surface area contributed by atoms with Gasteiger partial charge in [0, 0.05) is 24.9 Å². The Hall–Kier alpha value is -2.04. The zero-order chi connectivity index (χ0) is 23.0. The molecule has 0 aliphatic heterocycles. The van der Waals surface area contributed by atoms with Crippen LogP contribution in [0, 0.1) is 0 Å². The third-order valence-electron chi connectivity index (χ3n) is 3.78. The number of hydrogen-bond acceptors (Lipinski definition) is 7. The van der Waals surface area contributed by atoms with E-state index in [9.17, 15) is 24.3 Å². The molecule has 0 aromatic heterocycles. The van der Waals surface area contributed by atoms with Crippen molar-refractivity contribution >= 4 is 23.6 Å². The molecule has 10 heteroatoms. The molecule has 0 aromatic carbocycles. The molecule has 2 amide bonds. The summed E-state index contributed by atoms with van der Waals surface area (Å²) in [4.78, 5) is 45.8. The number of carbonyl (C=O) groups is 4. The Kier molecular flexibility index (Phi) is 14.7. The van der Waals surface area contributed by atoms with Gasteiger partial charge in [0.05, 0.1) is 19.8 Å². The fraction of sp³-hybridized carbons (Fsp3) is 0.800. The largest absolute Gasteiger partial charge is 0.480 e. The van der Waals surface area contributed by atoms with Crippen LogP contribution in [0.25, 0.3) is 0 Å². The summed E-state index contributed by atoms with van der Waals surface area (Å²) in [6.45, 7) is 9.36. The van der Waals surface area contributed by atoms with E-state index in [-0.39, 0.29) is 62.2 Å². The highest BCUT2D eigenvalue weighted by Gasteiger charge is 2.21. The van der Waals surface area contributed by atoms with Crippen molar-refractivity contribution in [3.63, 3.8) is 0 Å². The zero-order valence-electron chi connectivity index (χ0n) is 18.5. The van der Waals surface area contributed by atoms with Gasteiger partial charge >= 0.3 is 5.97 Å². The standard InChI is InChI=1S/C20H37N3O7/c1-15(24)14-30-13-12-29-11-10-21-17(25)8-7-16(19(27)28)23-18(26)6-5-9-22-20(2,3)4/h16,22H,5-14H2,1-4H3,(H,21,25)(H,23,26)(H,27,28)/t16-/m0/s1. The third kappa shape index (κ3) is 18.0. The average Bonchev–Trinajstić information content (AvgIpc) is 2.63. The average molecular weight is 432 g/mol. The van der Waals surface area contributed by atoms with E-state index < -0.39 is 12.0 Å². The minimum atomic E-state index is -1.17. The van der Waals surface area contributed by atoms with Gasteiger partial charge in [-0.05, 0) is 47.1 Å². The molecule has 174 valence electrons. The molecule has 0 radical (unpaired) electrons. The lowest BCUT2D eigenvalue weighted by atomic mass is 10.1. The van der Waals surface area contributed by atoms with Gasteiger partial charge in [-0.25, -0.2) is 4.79 Å². The first-order chi connectivity index (χ1) is 14.0. The molecule has 1 atom stereocenters. The first kappa shape index (κ1) is 28.0. The van der Waals surface area contributed by atoms with Crippen LogP contribution in [0.3, 0.4) is 0 Å². The molecule has 0 saturated heterocycles. The topological polar surface area (TPSA) is 143 Å². The predicted octanol–water partition coefficient (Wildman–Crippen LogP) is 0.243. The number of rotatable bonds is 17. The molecular formula is C20H37N3O7. The Morgan fingerprint density at radius 2 is 1.60 bits per heavy atom. The lowest BCUT2D eigenvalue weighted by Gasteiger charge is -2.20. The molecule has 0 unspecified atom stereocenters. The van der Waals surface area contributed by atoms with E-state index in [0.29, 0.717) is 26.2 Å². The summed E-state index contributed by atoms with van der Waals surface area (Å²) in [5.74, 6) is -1.89. The fourth-order valence-electron chi connectivity index (χ4n) is 2.30. The van der Waals surface area contributed by atoms with Crippen molar-refractivity contribution in [3.8, 4) is 0 Å². The maximum atomic E-state index is 11.9. The third-order valence-corrected chi connectivity index (χ3v) is 3.78. The van der Waals surface area contributed by atoms with Crippen molar-refractivity contribution in [3.05, 3.63) is 0 Å². The maximum Gasteiger partial charge on any atom is 0.326 e. The molecule has 0 rings (SSSR count). The number of carbonyl (C=O) groups excluding carboxylic acids is 3. The second-order valence-electron chi connectivity index (χ2n) is 7.99. The lowest BCUT2D eigenvalue weighted by molar-refractivity contribution is -0.142. The highest BCUT2D eigenvalue weighted by Crippen LogP contribution is 2.02. The summed E-state index contributed by atoms with van der Waals surface area (Å²) < 4.78 is 10.3. The summed E-state index contributed by atoms with van der Waals surface area (Å²) in [5.41, 5.74) is -0.0399. The van der Waals surface area contributed by atoms with E-state index in [4.69, 9.17) is 9.47 Å². The van der Waals surface area contributed by atoms with Gasteiger partial charge in [0.25, 0.3) is 0 Å². The minimum Gasteiger partial charge on any atom is -0.480 e. The van der Waals surface area contributed by atoms with Gasteiger partial charge in [-0.3, -0.25) is 14.4 Å². The number of aliphatic carboxylic acids is 1. The van der Waals surface area contributed by atoms with Gasteiger partial charge in [0.2, 0.25) is 11.8 Å². The normalized spacial score (nSPS) is 12.3. The molecule has 0 fully saturated rings. The summed E-state index contributed by atoms with van der Waals surface area (Å²) >= 11 is 0. The molecule has 0 heterocycles. The number of amides is 2. The van der Waals surface area contributed by atoms with Gasteiger partial charge in [0.15, 0.2) is 5.78 Å². The van der Waals surface area contributed by atoms with E-state index in [2.05, 4.69) is 16.0 Å². The Bertz CT molecular complexity index is 547. The first-order valence-corrected chi connectivity index (χ1v) is 10.2. The van der Waals surface area contributed by atoms with Gasteiger partial charge in [-0.1, -0.05) is 0 Å². The SMILES string of the molecule is CC(=O)COCCOCCNC(=O)CC[C@H](NC(=O)CCCNC(C)(C)C)C(=O)O. The van der Waals surface area contributed by atoms with Crippen molar-refractivity contribution < 1.29 is 33.8 Å². The number of ether oxygens (including phenoxy) is 2. The van der Waals surface area contributed by atoms with Gasteiger partial charge < -0.3 is 30.5 Å². The minimum absolute atomic E-state index is 0.00684. The summed E-state index contributed by atoms with van der Waals surface area (Å²) in [6.07, 6.45) is 0.791. The van der Waals surface area contributed by atoms with E-state index in [1.165, 1.54) is 6.92 Å². The lowest BCUT2D eigenvalue weighted by Crippen LogP contribution is -2.42. The maximum absolute atomic E-state index is 11.9. The Morgan fingerprint density at radius 1 is 0.933 bits per heavy atom. The summed E-state index contributed by atoms with van der Waals surface area (Å²) in [7, 11) is 0. The van der Waals surface area contributed by atoms with Gasteiger partial charge in [-0.2, -0.15) is 0 Å². The smallest absolute Gasteiger partial charge is 0.326 e. The molecule has 30 heavy (non-hydrogen) atoms. The predicted molar refractivity (Wildman–Crippen MR) is 111 cm³/mol. The number of nitrogens with one attached hydrogen (secondary N) is 3. The second kappa shape index (κ2) is 15.8. The van der Waals surface area contributed by atoms with Crippen molar-refractivity contribution in [1.29, 1.82) is 0 Å². The quantitative estimate of drug-likeness (QED) is 0.240. The first-order valence-electron chi connectivity index (χ1n) is 10.2. The molecule has 0 saturated carbocycles. The van der Waals surface area contributed by atoms with Crippen molar-refractivity contribution in [2.75, 3.05) is 39.5 Å². The zero-order valence-corrected chi connectivity index (χ0v) is 18.5. The van der Waals surface area contributed by atoms with Crippen LogP contribution in [0.1, 0.15) is 53.4 Å². The summed E-state index contributed by atoms with van der Waals surface area (Å²) in [5, 5.41) is 17.6. The number of Topliss-reactive ketones (excluding diaryl/α,β-unsaturated/α-hetero) is 1. The van der Waals surface area contributed by atoms with Gasteiger partial charge in [-0.15, -0.1) is 0 Å². The van der Waals surface area contributed by atoms with Crippen molar-refractivity contribution in [1.82, 2.24) is 16.0 Å². The van der Waals surface area contributed by atoms with E-state index in [0.717, 1.165) is 0 Å². The molecular weight excluding hydrogens is 394 g/mol. The van der Waals surface area contributed by atoms with Crippen LogP contribution in [0.2, 0.25) is 0 Å². The highest BCUT2D eigenvalue weighted by atomic mass is 16.5. The van der Waals surface area contributed by atoms with Crippen molar-refractivity contribution in [2.24, 2.45) is 0 Å². The van der Waals surface area contributed by atoms with E-state index in [1.807, 2.05) is 20.8 Å². The van der Waals surface area contributed by atoms with Crippen LogP contribution in [-0.2, 0) is 28.7 Å². The molecule has 0 spiro atoms. The molecule has 10 nitrogen and oxygen atoms in total. The van der Waals surface area contributed by atoms with Crippen LogP contribution < -0.4 is 16.0 Å². The number of ketones is 1. The number of carboxylic acid groups (broad SMARTS) is 1.